The van der Waals surface area contributed by atoms with E-state index in [0.29, 0.717) is 24.7 Å². The number of rotatable bonds is 8. The lowest BCUT2D eigenvalue weighted by molar-refractivity contribution is -0.144. The maximum atomic E-state index is 11.7. The van der Waals surface area contributed by atoms with Gasteiger partial charge in [0.15, 0.2) is 0 Å². The van der Waals surface area contributed by atoms with Gasteiger partial charge in [0.2, 0.25) is 0 Å². The molecule has 0 heterocycles. The third-order valence-corrected chi connectivity index (χ3v) is 4.60. The van der Waals surface area contributed by atoms with Gasteiger partial charge in [0.05, 0.1) is 13.2 Å². The van der Waals surface area contributed by atoms with Crippen molar-refractivity contribution >= 4 is 5.97 Å². The van der Waals surface area contributed by atoms with Crippen LogP contribution < -0.4 is 5.32 Å². The van der Waals surface area contributed by atoms with Crippen LogP contribution in [0.25, 0.3) is 0 Å². The Morgan fingerprint density at radius 1 is 1.25 bits per heavy atom. The molecule has 2 aliphatic carbocycles. The number of esters is 1. The molecule has 0 saturated heterocycles. The molecule has 0 aliphatic heterocycles. The Morgan fingerprint density at radius 3 is 2.65 bits per heavy atom. The third-order valence-electron chi connectivity index (χ3n) is 4.60. The lowest BCUT2D eigenvalue weighted by Crippen LogP contribution is -2.40. The largest absolute Gasteiger partial charge is 0.468 e. The molecule has 4 nitrogen and oxygen atoms in total. The molecule has 116 valence electrons. The molecule has 3 unspecified atom stereocenters. The summed E-state index contributed by atoms with van der Waals surface area (Å²) in [4.78, 5) is 11.7. The van der Waals surface area contributed by atoms with Crippen LogP contribution in [0, 0.1) is 5.92 Å². The second kappa shape index (κ2) is 7.99. The molecule has 2 rings (SSSR count). The monoisotopic (exact) mass is 283 g/mol. The molecular formula is C16H29NO3. The van der Waals surface area contributed by atoms with Crippen molar-refractivity contribution in [3.8, 4) is 0 Å². The second-order valence-electron chi connectivity index (χ2n) is 6.17. The van der Waals surface area contributed by atoms with Crippen LogP contribution in [-0.2, 0) is 14.3 Å². The third kappa shape index (κ3) is 4.74. The normalized spacial score (nSPS) is 28.1. The van der Waals surface area contributed by atoms with E-state index in [0.717, 1.165) is 6.42 Å². The van der Waals surface area contributed by atoms with E-state index in [9.17, 15) is 4.79 Å². The fraction of sp³-hybridized carbons (Fsp3) is 0.938. The van der Waals surface area contributed by atoms with Crippen LogP contribution in [0.2, 0.25) is 0 Å². The van der Waals surface area contributed by atoms with Crippen molar-refractivity contribution in [2.24, 2.45) is 5.92 Å². The zero-order valence-electron chi connectivity index (χ0n) is 12.9. The summed E-state index contributed by atoms with van der Waals surface area (Å²) in [5.74, 6) is 0.549. The average molecular weight is 283 g/mol. The van der Waals surface area contributed by atoms with Crippen molar-refractivity contribution in [3.63, 3.8) is 0 Å². The summed E-state index contributed by atoms with van der Waals surface area (Å²) in [7, 11) is 1.46. The summed E-state index contributed by atoms with van der Waals surface area (Å²) in [5, 5.41) is 3.35. The smallest absolute Gasteiger partial charge is 0.322 e. The van der Waals surface area contributed by atoms with Crippen molar-refractivity contribution in [1.82, 2.24) is 5.32 Å². The lowest BCUT2D eigenvalue weighted by atomic mass is 9.85. The van der Waals surface area contributed by atoms with Crippen LogP contribution in [0.5, 0.6) is 0 Å². The van der Waals surface area contributed by atoms with E-state index in [4.69, 9.17) is 9.47 Å². The van der Waals surface area contributed by atoms with Crippen molar-refractivity contribution in [2.45, 2.75) is 76.5 Å². The molecule has 0 bridgehead atoms. The molecule has 4 heteroatoms. The fourth-order valence-electron chi connectivity index (χ4n) is 3.14. The molecule has 2 aliphatic rings. The van der Waals surface area contributed by atoms with Gasteiger partial charge in [-0.25, -0.2) is 0 Å². The topological polar surface area (TPSA) is 47.6 Å². The van der Waals surface area contributed by atoms with Gasteiger partial charge in [0.25, 0.3) is 0 Å². The molecule has 20 heavy (non-hydrogen) atoms. The first-order valence-corrected chi connectivity index (χ1v) is 8.20. The fourth-order valence-corrected chi connectivity index (χ4v) is 3.14. The highest BCUT2D eigenvalue weighted by Gasteiger charge is 2.29. The van der Waals surface area contributed by atoms with Crippen LogP contribution in [0.15, 0.2) is 0 Å². The molecular weight excluding hydrogens is 254 g/mol. The molecule has 2 saturated carbocycles. The first kappa shape index (κ1) is 15.8. The first-order chi connectivity index (χ1) is 9.74. The number of ether oxygens (including phenoxy) is 2. The maximum absolute atomic E-state index is 11.7. The minimum atomic E-state index is -0.198. The van der Waals surface area contributed by atoms with Gasteiger partial charge in [0.1, 0.15) is 6.04 Å². The highest BCUT2D eigenvalue weighted by atomic mass is 16.5. The Balaban J connectivity index is 1.72. The summed E-state index contributed by atoms with van der Waals surface area (Å²) in [6.07, 6.45) is 9.76. The van der Waals surface area contributed by atoms with Crippen LogP contribution in [0.3, 0.4) is 0 Å². The Kier molecular flexibility index (Phi) is 6.30. The van der Waals surface area contributed by atoms with Crippen LogP contribution in [-0.4, -0.2) is 37.9 Å². The number of nitrogens with one attached hydrogen (secondary N) is 1. The van der Waals surface area contributed by atoms with Gasteiger partial charge in [-0.3, -0.25) is 4.79 Å². The highest BCUT2D eigenvalue weighted by molar-refractivity contribution is 5.75. The first-order valence-electron chi connectivity index (χ1n) is 8.20. The predicted octanol–water partition coefficient (Wildman–Crippen LogP) is 2.66. The molecule has 1 N–H and O–H groups in total. The number of hydrogen-bond donors (Lipinski definition) is 1. The lowest BCUT2D eigenvalue weighted by Gasteiger charge is -2.31. The van der Waals surface area contributed by atoms with Crippen molar-refractivity contribution in [3.05, 3.63) is 0 Å². The molecule has 0 aromatic carbocycles. The van der Waals surface area contributed by atoms with Gasteiger partial charge in [-0.2, -0.15) is 0 Å². The second-order valence-corrected chi connectivity index (χ2v) is 6.17. The van der Waals surface area contributed by atoms with E-state index in [-0.39, 0.29) is 12.0 Å². The molecule has 0 amide bonds. The van der Waals surface area contributed by atoms with Gasteiger partial charge in [-0.15, -0.1) is 0 Å². The summed E-state index contributed by atoms with van der Waals surface area (Å²) in [6, 6.07) is 0.313. The van der Waals surface area contributed by atoms with Crippen molar-refractivity contribution in [1.29, 1.82) is 0 Å². The van der Waals surface area contributed by atoms with Crippen LogP contribution in [0.1, 0.15) is 58.3 Å². The average Bonchev–Trinajstić information content (AvgIpc) is 3.30. The standard InChI is InChI=1S/C16H29NO3/c1-3-12-6-4-5-7-15(12)20-11-10-14(16(18)19-2)17-13-8-9-13/h12-15,17H,3-11H2,1-2H3. The summed E-state index contributed by atoms with van der Waals surface area (Å²) in [6.45, 7) is 2.90. The van der Waals surface area contributed by atoms with Crippen LogP contribution >= 0.6 is 0 Å². The SMILES string of the molecule is CCC1CCCCC1OCCC(NC1CC1)C(=O)OC. The molecule has 0 aromatic heterocycles. The Labute approximate surface area is 122 Å². The van der Waals surface area contributed by atoms with E-state index in [1.807, 2.05) is 0 Å². The molecule has 0 aromatic rings. The minimum absolute atomic E-state index is 0.156. The van der Waals surface area contributed by atoms with Gasteiger partial charge in [-0.1, -0.05) is 26.2 Å². The van der Waals surface area contributed by atoms with Gasteiger partial charge < -0.3 is 14.8 Å². The van der Waals surface area contributed by atoms with E-state index in [1.54, 1.807) is 0 Å². The minimum Gasteiger partial charge on any atom is -0.468 e. The number of hydrogen-bond acceptors (Lipinski definition) is 4. The summed E-state index contributed by atoms with van der Waals surface area (Å²) < 4.78 is 10.9. The maximum Gasteiger partial charge on any atom is 0.322 e. The van der Waals surface area contributed by atoms with Crippen molar-refractivity contribution in [2.75, 3.05) is 13.7 Å². The van der Waals surface area contributed by atoms with Crippen molar-refractivity contribution < 1.29 is 14.3 Å². The number of carbonyl (C=O) groups is 1. The van der Waals surface area contributed by atoms with Gasteiger partial charge in [0, 0.05) is 12.6 Å². The zero-order chi connectivity index (χ0) is 14.4. The number of carbonyl (C=O) groups excluding carboxylic acids is 1. The summed E-state index contributed by atoms with van der Waals surface area (Å²) >= 11 is 0. The van der Waals surface area contributed by atoms with Gasteiger partial charge in [-0.05, 0) is 38.0 Å². The Morgan fingerprint density at radius 2 is 2.00 bits per heavy atom. The van der Waals surface area contributed by atoms with Crippen LogP contribution in [0.4, 0.5) is 0 Å². The zero-order valence-corrected chi connectivity index (χ0v) is 12.9. The van der Waals surface area contributed by atoms with E-state index in [1.165, 1.54) is 52.1 Å². The predicted molar refractivity (Wildman–Crippen MR) is 78.6 cm³/mol. The van der Waals surface area contributed by atoms with Gasteiger partial charge >= 0.3 is 5.97 Å². The highest BCUT2D eigenvalue weighted by Crippen LogP contribution is 2.29. The molecule has 2 fully saturated rings. The summed E-state index contributed by atoms with van der Waals surface area (Å²) in [5.41, 5.74) is 0. The van der Waals surface area contributed by atoms with E-state index >= 15 is 0 Å². The quantitative estimate of drug-likeness (QED) is 0.696. The number of methoxy groups -OCH3 is 1. The Bertz CT molecular complexity index is 304. The van der Waals surface area contributed by atoms with E-state index < -0.39 is 0 Å². The Hall–Kier alpha value is -0.610. The molecule has 3 atom stereocenters. The van der Waals surface area contributed by atoms with E-state index in [2.05, 4.69) is 12.2 Å². The molecule has 0 radical (unpaired) electrons. The molecule has 0 spiro atoms.